The highest BCUT2D eigenvalue weighted by atomic mass is 35.5. The molecule has 5 nitrogen and oxygen atoms in total. The van der Waals surface area contributed by atoms with Gasteiger partial charge in [0, 0.05) is 29.6 Å². The van der Waals surface area contributed by atoms with Crippen LogP contribution in [0, 0.1) is 0 Å². The van der Waals surface area contributed by atoms with Crippen LogP contribution in [-0.2, 0) is 14.3 Å². The fourth-order valence-electron chi connectivity index (χ4n) is 2.14. The van der Waals surface area contributed by atoms with Gasteiger partial charge in [0.25, 0.3) is 5.91 Å². The number of carbonyl (C=O) groups is 1. The number of methoxy groups -OCH3 is 1. The summed E-state index contributed by atoms with van der Waals surface area (Å²) in [6.07, 6.45) is 0.820. The first-order valence-electron chi connectivity index (χ1n) is 7.84. The van der Waals surface area contributed by atoms with Gasteiger partial charge in [0.2, 0.25) is 0 Å². The van der Waals surface area contributed by atoms with Crippen LogP contribution in [0.2, 0.25) is 10.0 Å². The van der Waals surface area contributed by atoms with Gasteiger partial charge in [-0.15, -0.1) is 11.3 Å². The SMILES string of the molecule is CCCN(C(=O)COCCOC)c1nc(-c2ccc(Cl)cc2Cl)cs1. The number of rotatable bonds is 9. The third-order valence-corrected chi connectivity index (χ3v) is 4.75. The summed E-state index contributed by atoms with van der Waals surface area (Å²) in [5, 5.41) is 3.61. The van der Waals surface area contributed by atoms with Crippen LogP contribution < -0.4 is 4.90 Å². The molecule has 136 valence electrons. The van der Waals surface area contributed by atoms with Gasteiger partial charge < -0.3 is 9.47 Å². The third kappa shape index (κ3) is 5.66. The average Bonchev–Trinajstić information content (AvgIpc) is 3.05. The van der Waals surface area contributed by atoms with Crippen molar-refractivity contribution in [1.29, 1.82) is 0 Å². The summed E-state index contributed by atoms with van der Waals surface area (Å²) < 4.78 is 10.2. The highest BCUT2D eigenvalue weighted by molar-refractivity contribution is 7.14. The smallest absolute Gasteiger partial charge is 0.254 e. The Morgan fingerprint density at radius 3 is 2.80 bits per heavy atom. The van der Waals surface area contributed by atoms with E-state index >= 15 is 0 Å². The maximum atomic E-state index is 12.4. The molecule has 1 aromatic heterocycles. The van der Waals surface area contributed by atoms with Crippen molar-refractivity contribution in [3.63, 3.8) is 0 Å². The van der Waals surface area contributed by atoms with E-state index < -0.39 is 0 Å². The van der Waals surface area contributed by atoms with Gasteiger partial charge >= 0.3 is 0 Å². The highest BCUT2D eigenvalue weighted by Gasteiger charge is 2.19. The molecule has 0 saturated carbocycles. The number of hydrogen-bond acceptors (Lipinski definition) is 5. The molecule has 0 spiro atoms. The highest BCUT2D eigenvalue weighted by Crippen LogP contribution is 2.33. The van der Waals surface area contributed by atoms with Crippen LogP contribution in [0.5, 0.6) is 0 Å². The van der Waals surface area contributed by atoms with Crippen LogP contribution in [0.4, 0.5) is 5.13 Å². The van der Waals surface area contributed by atoms with Gasteiger partial charge in [0.05, 0.1) is 23.9 Å². The Morgan fingerprint density at radius 2 is 2.12 bits per heavy atom. The maximum absolute atomic E-state index is 12.4. The Morgan fingerprint density at radius 1 is 1.32 bits per heavy atom. The van der Waals surface area contributed by atoms with Gasteiger partial charge in [-0.2, -0.15) is 0 Å². The quantitative estimate of drug-likeness (QED) is 0.578. The number of thiazole rings is 1. The van der Waals surface area contributed by atoms with Crippen molar-refractivity contribution in [3.8, 4) is 11.3 Å². The molecule has 0 atom stereocenters. The third-order valence-electron chi connectivity index (χ3n) is 3.34. The van der Waals surface area contributed by atoms with Gasteiger partial charge in [-0.3, -0.25) is 9.69 Å². The zero-order chi connectivity index (χ0) is 18.2. The molecule has 0 N–H and O–H groups in total. The summed E-state index contributed by atoms with van der Waals surface area (Å²) >= 11 is 13.6. The second kappa shape index (κ2) is 10.1. The zero-order valence-corrected chi connectivity index (χ0v) is 16.5. The molecule has 0 aliphatic rings. The molecule has 25 heavy (non-hydrogen) atoms. The minimum Gasteiger partial charge on any atom is -0.382 e. The van der Waals surface area contributed by atoms with E-state index in [1.54, 1.807) is 24.1 Å². The summed E-state index contributed by atoms with van der Waals surface area (Å²) in [6.45, 7) is 3.42. The summed E-state index contributed by atoms with van der Waals surface area (Å²) in [7, 11) is 1.59. The molecule has 1 amide bonds. The first-order valence-corrected chi connectivity index (χ1v) is 9.48. The Bertz CT molecular complexity index is 709. The Balaban J connectivity index is 2.14. The predicted molar refractivity (Wildman–Crippen MR) is 103 cm³/mol. The molecule has 2 rings (SSSR count). The molecule has 2 aromatic rings. The van der Waals surface area contributed by atoms with E-state index in [0.717, 1.165) is 17.7 Å². The Kier molecular flexibility index (Phi) is 8.12. The number of aromatic nitrogens is 1. The predicted octanol–water partition coefficient (Wildman–Crippen LogP) is 4.52. The monoisotopic (exact) mass is 402 g/mol. The van der Waals surface area contributed by atoms with Crippen molar-refractivity contribution in [2.45, 2.75) is 13.3 Å². The second-order valence-corrected chi connectivity index (χ2v) is 6.91. The fraction of sp³-hybridized carbons (Fsp3) is 0.412. The van der Waals surface area contributed by atoms with Crippen molar-refractivity contribution in [3.05, 3.63) is 33.6 Å². The van der Waals surface area contributed by atoms with Gasteiger partial charge in [-0.25, -0.2) is 4.98 Å². The molecule has 0 unspecified atom stereocenters. The van der Waals surface area contributed by atoms with Crippen LogP contribution in [0.3, 0.4) is 0 Å². The molecule has 8 heteroatoms. The molecule has 0 bridgehead atoms. The van der Waals surface area contributed by atoms with E-state index in [0.29, 0.717) is 34.9 Å². The van der Waals surface area contributed by atoms with E-state index in [1.165, 1.54) is 11.3 Å². The van der Waals surface area contributed by atoms with Crippen LogP contribution in [0.15, 0.2) is 23.6 Å². The summed E-state index contributed by atoms with van der Waals surface area (Å²) in [6, 6.07) is 5.26. The fourth-order valence-corrected chi connectivity index (χ4v) is 3.51. The van der Waals surface area contributed by atoms with Gasteiger partial charge in [0.1, 0.15) is 6.61 Å². The number of anilines is 1. The first kappa shape index (κ1) is 20.1. The van der Waals surface area contributed by atoms with Crippen LogP contribution in [-0.4, -0.2) is 44.4 Å². The van der Waals surface area contributed by atoms with Gasteiger partial charge in [0.15, 0.2) is 5.13 Å². The zero-order valence-electron chi connectivity index (χ0n) is 14.1. The van der Waals surface area contributed by atoms with Crippen molar-refractivity contribution in [1.82, 2.24) is 4.98 Å². The van der Waals surface area contributed by atoms with E-state index in [4.69, 9.17) is 32.7 Å². The lowest BCUT2D eigenvalue weighted by Crippen LogP contribution is -2.35. The number of nitrogens with zero attached hydrogens (tertiary/aromatic N) is 2. The summed E-state index contributed by atoms with van der Waals surface area (Å²) in [5.74, 6) is -0.124. The summed E-state index contributed by atoms with van der Waals surface area (Å²) in [4.78, 5) is 18.7. The van der Waals surface area contributed by atoms with E-state index in [9.17, 15) is 4.79 Å². The lowest BCUT2D eigenvalue weighted by atomic mass is 10.2. The van der Waals surface area contributed by atoms with E-state index in [2.05, 4.69) is 4.98 Å². The first-order chi connectivity index (χ1) is 12.1. The molecule has 0 saturated heterocycles. The molecule has 1 aromatic carbocycles. The van der Waals surface area contributed by atoms with Crippen molar-refractivity contribution in [2.75, 3.05) is 38.4 Å². The lowest BCUT2D eigenvalue weighted by Gasteiger charge is -2.19. The molecule has 0 radical (unpaired) electrons. The second-order valence-electron chi connectivity index (χ2n) is 5.23. The van der Waals surface area contributed by atoms with Crippen LogP contribution >= 0.6 is 34.5 Å². The number of benzene rings is 1. The molecule has 0 fully saturated rings. The molecule has 0 aliphatic carbocycles. The number of amides is 1. The van der Waals surface area contributed by atoms with Crippen molar-refractivity contribution >= 4 is 45.6 Å². The number of halogens is 2. The van der Waals surface area contributed by atoms with Gasteiger partial charge in [-0.05, 0) is 24.6 Å². The molecular formula is C17H20Cl2N2O3S. The molecule has 1 heterocycles. The van der Waals surface area contributed by atoms with E-state index in [-0.39, 0.29) is 12.5 Å². The van der Waals surface area contributed by atoms with Crippen molar-refractivity contribution in [2.24, 2.45) is 0 Å². The van der Waals surface area contributed by atoms with Crippen LogP contribution in [0.25, 0.3) is 11.3 Å². The lowest BCUT2D eigenvalue weighted by molar-refractivity contribution is -0.123. The molecule has 0 aliphatic heterocycles. The van der Waals surface area contributed by atoms with E-state index in [1.807, 2.05) is 18.4 Å². The number of hydrogen-bond donors (Lipinski definition) is 0. The number of ether oxygens (including phenoxy) is 2. The normalized spacial score (nSPS) is 10.9. The largest absolute Gasteiger partial charge is 0.382 e. The van der Waals surface area contributed by atoms with Gasteiger partial charge in [-0.1, -0.05) is 30.1 Å². The number of carbonyl (C=O) groups excluding carboxylic acids is 1. The topological polar surface area (TPSA) is 51.7 Å². The average molecular weight is 403 g/mol. The van der Waals surface area contributed by atoms with Crippen molar-refractivity contribution < 1.29 is 14.3 Å². The molecular weight excluding hydrogens is 383 g/mol. The minimum absolute atomic E-state index is 0.0000254. The Labute approximate surface area is 161 Å². The Hall–Kier alpha value is -1.18. The van der Waals surface area contributed by atoms with Crippen LogP contribution in [0.1, 0.15) is 13.3 Å². The minimum atomic E-state index is -0.124. The summed E-state index contributed by atoms with van der Waals surface area (Å²) in [5.41, 5.74) is 1.50. The standard InChI is InChI=1S/C17H20Cl2N2O3S/c1-3-6-21(16(22)10-24-8-7-23-2)17-20-15(11-25-17)13-5-4-12(18)9-14(13)19/h4-5,9,11H,3,6-8,10H2,1-2H3. The maximum Gasteiger partial charge on any atom is 0.254 e.